The highest BCUT2D eigenvalue weighted by Crippen LogP contribution is 2.35. The third-order valence-electron chi connectivity index (χ3n) is 3.16. The lowest BCUT2D eigenvalue weighted by atomic mass is 9.92. The van der Waals surface area contributed by atoms with Crippen LogP contribution in [0.25, 0.3) is 0 Å². The Morgan fingerprint density at radius 1 is 1.59 bits per heavy atom. The van der Waals surface area contributed by atoms with Crippen LogP contribution in [0.1, 0.15) is 18.0 Å². The normalized spacial score (nSPS) is 21.5. The number of halogens is 1. The van der Waals surface area contributed by atoms with Crippen LogP contribution in [0.3, 0.4) is 0 Å². The number of rotatable bonds is 4. The fourth-order valence-electron chi connectivity index (χ4n) is 2.27. The zero-order valence-corrected chi connectivity index (χ0v) is 9.78. The molecule has 3 N–H and O–H groups in total. The van der Waals surface area contributed by atoms with Crippen molar-refractivity contribution in [3.63, 3.8) is 0 Å². The smallest absolute Gasteiger partial charge is 0.131 e. The number of nitrogens with one attached hydrogen (secondary N) is 1. The van der Waals surface area contributed by atoms with Gasteiger partial charge in [0.05, 0.1) is 19.8 Å². The quantitative estimate of drug-likeness (QED) is 0.616. The summed E-state index contributed by atoms with van der Waals surface area (Å²) < 4.78 is 24.4. The lowest BCUT2D eigenvalue weighted by Gasteiger charge is -2.24. The van der Waals surface area contributed by atoms with Gasteiger partial charge in [-0.15, -0.1) is 0 Å². The van der Waals surface area contributed by atoms with Gasteiger partial charge in [-0.2, -0.15) is 0 Å². The molecule has 5 heteroatoms. The average molecular weight is 240 g/mol. The minimum absolute atomic E-state index is 0.172. The van der Waals surface area contributed by atoms with Crippen molar-refractivity contribution in [1.82, 2.24) is 5.43 Å². The topological polar surface area (TPSA) is 56.5 Å². The zero-order chi connectivity index (χ0) is 12.3. The number of hydrazine groups is 1. The molecule has 1 fully saturated rings. The highest BCUT2D eigenvalue weighted by Gasteiger charge is 2.30. The first-order valence-electron chi connectivity index (χ1n) is 5.64. The molecule has 0 aromatic heterocycles. The second kappa shape index (κ2) is 5.44. The summed E-state index contributed by atoms with van der Waals surface area (Å²) in [6, 6.07) is 4.49. The standard InChI is InChI=1S/C12H17FN2O2/c1-16-10-4-2-3-9(13)11(10)12(15-14)8-5-6-17-7-8/h2-4,8,12,15H,5-7,14H2,1H3. The molecule has 4 nitrogen and oxygen atoms in total. The molecule has 17 heavy (non-hydrogen) atoms. The minimum atomic E-state index is -0.306. The molecule has 1 aliphatic rings. The number of methoxy groups -OCH3 is 1. The number of nitrogens with two attached hydrogens (primary N) is 1. The van der Waals surface area contributed by atoms with Gasteiger partial charge in [-0.25, -0.2) is 4.39 Å². The molecule has 0 amide bonds. The summed E-state index contributed by atoms with van der Waals surface area (Å²) in [6.07, 6.45) is 0.867. The number of hydrogen-bond donors (Lipinski definition) is 2. The lowest BCUT2D eigenvalue weighted by Crippen LogP contribution is -2.34. The van der Waals surface area contributed by atoms with E-state index in [2.05, 4.69) is 5.43 Å². The Balaban J connectivity index is 2.35. The Labute approximate surface area is 99.9 Å². The van der Waals surface area contributed by atoms with Crippen LogP contribution in [-0.4, -0.2) is 20.3 Å². The third kappa shape index (κ3) is 2.41. The van der Waals surface area contributed by atoms with Gasteiger partial charge in [0.25, 0.3) is 0 Å². The van der Waals surface area contributed by atoms with E-state index >= 15 is 0 Å². The summed E-state index contributed by atoms with van der Waals surface area (Å²) in [5, 5.41) is 0. The van der Waals surface area contributed by atoms with Crippen LogP contribution in [0, 0.1) is 11.7 Å². The first-order valence-corrected chi connectivity index (χ1v) is 5.64. The second-order valence-electron chi connectivity index (χ2n) is 4.12. The van der Waals surface area contributed by atoms with E-state index in [-0.39, 0.29) is 17.8 Å². The van der Waals surface area contributed by atoms with E-state index in [4.69, 9.17) is 15.3 Å². The number of hydrogen-bond acceptors (Lipinski definition) is 4. The van der Waals surface area contributed by atoms with Crippen LogP contribution in [-0.2, 0) is 4.74 Å². The summed E-state index contributed by atoms with van der Waals surface area (Å²) in [7, 11) is 1.52. The Morgan fingerprint density at radius 2 is 2.41 bits per heavy atom. The maximum atomic E-state index is 13.9. The molecule has 1 aromatic rings. The molecule has 1 aromatic carbocycles. The van der Waals surface area contributed by atoms with Crippen molar-refractivity contribution in [2.24, 2.45) is 11.8 Å². The minimum Gasteiger partial charge on any atom is -0.496 e. The van der Waals surface area contributed by atoms with Gasteiger partial charge in [-0.1, -0.05) is 6.07 Å². The van der Waals surface area contributed by atoms with Crippen molar-refractivity contribution in [2.75, 3.05) is 20.3 Å². The first-order chi connectivity index (χ1) is 8.27. The summed E-state index contributed by atoms with van der Waals surface area (Å²) >= 11 is 0. The SMILES string of the molecule is COc1cccc(F)c1C(NN)C1CCOC1. The summed E-state index contributed by atoms with van der Waals surface area (Å²) in [5.74, 6) is 5.93. The molecule has 0 spiro atoms. The predicted molar refractivity (Wildman–Crippen MR) is 61.9 cm³/mol. The fraction of sp³-hybridized carbons (Fsp3) is 0.500. The van der Waals surface area contributed by atoms with Crippen molar-refractivity contribution in [1.29, 1.82) is 0 Å². The van der Waals surface area contributed by atoms with Gasteiger partial charge in [0.1, 0.15) is 11.6 Å². The van der Waals surface area contributed by atoms with Gasteiger partial charge < -0.3 is 9.47 Å². The van der Waals surface area contributed by atoms with E-state index < -0.39 is 0 Å². The van der Waals surface area contributed by atoms with Gasteiger partial charge in [0.15, 0.2) is 0 Å². The maximum Gasteiger partial charge on any atom is 0.131 e. The fourth-order valence-corrected chi connectivity index (χ4v) is 2.27. The Hall–Kier alpha value is -1.17. The maximum absolute atomic E-state index is 13.9. The van der Waals surface area contributed by atoms with Crippen LogP contribution in [0.2, 0.25) is 0 Å². The molecular formula is C12H17FN2O2. The zero-order valence-electron chi connectivity index (χ0n) is 9.78. The van der Waals surface area contributed by atoms with Crippen LogP contribution < -0.4 is 16.0 Å². The summed E-state index contributed by atoms with van der Waals surface area (Å²) in [4.78, 5) is 0. The predicted octanol–water partition coefficient (Wildman–Crippen LogP) is 1.38. The highest BCUT2D eigenvalue weighted by atomic mass is 19.1. The molecule has 2 rings (SSSR count). The van der Waals surface area contributed by atoms with E-state index in [1.807, 2.05) is 0 Å². The molecule has 0 radical (unpaired) electrons. The average Bonchev–Trinajstić information content (AvgIpc) is 2.86. The van der Waals surface area contributed by atoms with E-state index in [1.54, 1.807) is 12.1 Å². The first kappa shape index (κ1) is 12.3. The van der Waals surface area contributed by atoms with E-state index in [1.165, 1.54) is 13.2 Å². The second-order valence-corrected chi connectivity index (χ2v) is 4.12. The largest absolute Gasteiger partial charge is 0.496 e. The molecular weight excluding hydrogens is 223 g/mol. The van der Waals surface area contributed by atoms with Crippen molar-refractivity contribution in [3.05, 3.63) is 29.6 Å². The van der Waals surface area contributed by atoms with Gasteiger partial charge in [-0.3, -0.25) is 11.3 Å². The molecule has 1 aliphatic heterocycles. The molecule has 0 saturated carbocycles. The van der Waals surface area contributed by atoms with Crippen molar-refractivity contribution >= 4 is 0 Å². The van der Waals surface area contributed by atoms with E-state index in [9.17, 15) is 4.39 Å². The molecule has 2 unspecified atom stereocenters. The van der Waals surface area contributed by atoms with Gasteiger partial charge >= 0.3 is 0 Å². The van der Waals surface area contributed by atoms with Gasteiger partial charge in [0.2, 0.25) is 0 Å². The Kier molecular flexibility index (Phi) is 3.93. The van der Waals surface area contributed by atoms with Crippen molar-refractivity contribution in [2.45, 2.75) is 12.5 Å². The number of ether oxygens (including phenoxy) is 2. The molecule has 1 saturated heterocycles. The summed E-state index contributed by atoms with van der Waals surface area (Å²) in [6.45, 7) is 1.28. The highest BCUT2D eigenvalue weighted by molar-refractivity contribution is 5.37. The van der Waals surface area contributed by atoms with Gasteiger partial charge in [0, 0.05) is 18.1 Å². The molecule has 0 aliphatic carbocycles. The monoisotopic (exact) mass is 240 g/mol. The van der Waals surface area contributed by atoms with Crippen LogP contribution in [0.15, 0.2) is 18.2 Å². The molecule has 1 heterocycles. The summed E-state index contributed by atoms with van der Waals surface area (Å²) in [5.41, 5.74) is 3.16. The van der Waals surface area contributed by atoms with Crippen molar-refractivity contribution in [3.8, 4) is 5.75 Å². The van der Waals surface area contributed by atoms with E-state index in [0.29, 0.717) is 24.5 Å². The van der Waals surface area contributed by atoms with Crippen LogP contribution in [0.4, 0.5) is 4.39 Å². The third-order valence-corrected chi connectivity index (χ3v) is 3.16. The Bertz CT molecular complexity index is 381. The van der Waals surface area contributed by atoms with Crippen molar-refractivity contribution < 1.29 is 13.9 Å². The molecule has 94 valence electrons. The van der Waals surface area contributed by atoms with E-state index in [0.717, 1.165) is 6.42 Å². The molecule has 2 atom stereocenters. The van der Waals surface area contributed by atoms with Gasteiger partial charge in [-0.05, 0) is 18.6 Å². The molecule has 0 bridgehead atoms. The van der Waals surface area contributed by atoms with Crippen LogP contribution >= 0.6 is 0 Å². The lowest BCUT2D eigenvalue weighted by molar-refractivity contribution is 0.175. The Morgan fingerprint density at radius 3 is 3.00 bits per heavy atom. The number of benzene rings is 1. The van der Waals surface area contributed by atoms with Crippen LogP contribution in [0.5, 0.6) is 5.75 Å².